The Kier molecular flexibility index (Phi) is 8.03. The first kappa shape index (κ1) is 21.7. The number of sulfone groups is 1. The molecule has 1 aromatic rings. The van der Waals surface area contributed by atoms with Gasteiger partial charge in [0.15, 0.2) is 9.84 Å². The molecule has 6 nitrogen and oxygen atoms in total. The molecular weight excluding hydrogens is 340 g/mol. The Morgan fingerprint density at radius 3 is 2.26 bits per heavy atom. The first-order valence-electron chi connectivity index (χ1n) is 7.00. The van der Waals surface area contributed by atoms with Crippen molar-refractivity contribution in [2.24, 2.45) is 11.7 Å². The standard InChI is InChI=1S/C15H24N2O4S.ClH/c1-11(14(18)17-15(2,3)10-16)9-22(19,20)13-7-5-12(21-4)6-8-13;/h5-8,11H,9-10,16H2,1-4H3,(H,17,18);1H. The molecule has 8 heteroatoms. The van der Waals surface area contributed by atoms with E-state index in [0.29, 0.717) is 5.75 Å². The number of hydrogen-bond donors (Lipinski definition) is 2. The summed E-state index contributed by atoms with van der Waals surface area (Å²) in [5.74, 6) is -0.675. The Hall–Kier alpha value is -1.31. The van der Waals surface area contributed by atoms with Gasteiger partial charge >= 0.3 is 0 Å². The molecule has 0 aliphatic heterocycles. The van der Waals surface area contributed by atoms with Gasteiger partial charge in [0.25, 0.3) is 0 Å². The second kappa shape index (κ2) is 8.52. The van der Waals surface area contributed by atoms with Crippen LogP contribution in [-0.2, 0) is 14.6 Å². The highest BCUT2D eigenvalue weighted by atomic mass is 35.5. The molecular formula is C15H25ClN2O4S. The van der Waals surface area contributed by atoms with Gasteiger partial charge in [-0.2, -0.15) is 0 Å². The molecule has 0 aliphatic carbocycles. The van der Waals surface area contributed by atoms with E-state index < -0.39 is 21.3 Å². The molecule has 0 bridgehead atoms. The number of nitrogens with one attached hydrogen (secondary N) is 1. The normalized spacial score (nSPS) is 12.9. The Morgan fingerprint density at radius 2 is 1.83 bits per heavy atom. The van der Waals surface area contributed by atoms with Crippen LogP contribution in [0.2, 0.25) is 0 Å². The first-order chi connectivity index (χ1) is 10.1. The summed E-state index contributed by atoms with van der Waals surface area (Å²) in [5, 5.41) is 2.75. The summed E-state index contributed by atoms with van der Waals surface area (Å²) in [6, 6.07) is 6.11. The molecule has 0 fully saturated rings. The van der Waals surface area contributed by atoms with Crippen LogP contribution < -0.4 is 15.8 Å². The number of hydrogen-bond acceptors (Lipinski definition) is 5. The van der Waals surface area contributed by atoms with Crippen molar-refractivity contribution < 1.29 is 17.9 Å². The van der Waals surface area contributed by atoms with Crippen molar-refractivity contribution in [2.75, 3.05) is 19.4 Å². The topological polar surface area (TPSA) is 98.5 Å². The number of amides is 1. The molecule has 1 aromatic carbocycles. The fourth-order valence-corrected chi connectivity index (χ4v) is 3.34. The third-order valence-electron chi connectivity index (χ3n) is 3.31. The summed E-state index contributed by atoms with van der Waals surface area (Å²) in [6.07, 6.45) is 0. The van der Waals surface area contributed by atoms with Gasteiger partial charge in [-0.15, -0.1) is 12.4 Å². The van der Waals surface area contributed by atoms with Crippen LogP contribution in [0.4, 0.5) is 0 Å². The number of carbonyl (C=O) groups excluding carboxylic acids is 1. The number of carbonyl (C=O) groups is 1. The highest BCUT2D eigenvalue weighted by Gasteiger charge is 2.26. The highest BCUT2D eigenvalue weighted by Crippen LogP contribution is 2.18. The van der Waals surface area contributed by atoms with Crippen LogP contribution in [0.25, 0.3) is 0 Å². The molecule has 0 spiro atoms. The van der Waals surface area contributed by atoms with Gasteiger partial charge in [0, 0.05) is 18.0 Å². The molecule has 1 rings (SSSR count). The zero-order chi connectivity index (χ0) is 17.0. The van der Waals surface area contributed by atoms with E-state index >= 15 is 0 Å². The zero-order valence-corrected chi connectivity index (χ0v) is 15.5. The molecule has 0 radical (unpaired) electrons. The van der Waals surface area contributed by atoms with Gasteiger partial charge in [-0.05, 0) is 38.1 Å². The Balaban J connectivity index is 0.00000484. The molecule has 132 valence electrons. The van der Waals surface area contributed by atoms with Crippen molar-refractivity contribution in [3.63, 3.8) is 0 Å². The van der Waals surface area contributed by atoms with Crippen LogP contribution in [0.3, 0.4) is 0 Å². The zero-order valence-electron chi connectivity index (χ0n) is 13.8. The molecule has 0 saturated carbocycles. The SMILES string of the molecule is COc1ccc(S(=O)(=O)CC(C)C(=O)NC(C)(C)CN)cc1.Cl. The van der Waals surface area contributed by atoms with Crippen LogP contribution in [-0.4, -0.2) is 39.3 Å². The fourth-order valence-electron chi connectivity index (χ4n) is 1.79. The lowest BCUT2D eigenvalue weighted by molar-refractivity contribution is -0.125. The van der Waals surface area contributed by atoms with Gasteiger partial charge < -0.3 is 15.8 Å². The number of methoxy groups -OCH3 is 1. The van der Waals surface area contributed by atoms with E-state index in [9.17, 15) is 13.2 Å². The minimum Gasteiger partial charge on any atom is -0.497 e. The van der Waals surface area contributed by atoms with E-state index in [1.807, 2.05) is 0 Å². The van der Waals surface area contributed by atoms with Crippen LogP contribution in [0.15, 0.2) is 29.2 Å². The van der Waals surface area contributed by atoms with Crippen LogP contribution in [0.1, 0.15) is 20.8 Å². The van der Waals surface area contributed by atoms with Gasteiger partial charge in [0.05, 0.1) is 17.8 Å². The fraction of sp³-hybridized carbons (Fsp3) is 0.533. The number of ether oxygens (including phenoxy) is 1. The second-order valence-corrected chi connectivity index (χ2v) is 7.97. The summed E-state index contributed by atoms with van der Waals surface area (Å²) < 4.78 is 29.7. The third kappa shape index (κ3) is 6.37. The maximum absolute atomic E-state index is 12.3. The highest BCUT2D eigenvalue weighted by molar-refractivity contribution is 7.91. The minimum atomic E-state index is -3.54. The van der Waals surface area contributed by atoms with E-state index in [0.717, 1.165) is 0 Å². The molecule has 1 amide bonds. The lowest BCUT2D eigenvalue weighted by atomic mass is 10.0. The number of halogens is 1. The van der Waals surface area contributed by atoms with E-state index in [1.54, 1.807) is 32.9 Å². The first-order valence-corrected chi connectivity index (χ1v) is 8.65. The average Bonchev–Trinajstić information content (AvgIpc) is 2.46. The molecule has 0 saturated heterocycles. The van der Waals surface area contributed by atoms with Crippen molar-refractivity contribution in [3.05, 3.63) is 24.3 Å². The maximum atomic E-state index is 12.3. The number of rotatable bonds is 7. The Labute approximate surface area is 144 Å². The molecule has 0 aliphatic rings. The van der Waals surface area contributed by atoms with E-state index in [2.05, 4.69) is 5.32 Å². The van der Waals surface area contributed by atoms with Gasteiger partial charge in [-0.1, -0.05) is 6.92 Å². The van der Waals surface area contributed by atoms with E-state index in [-0.39, 0.29) is 35.5 Å². The quantitative estimate of drug-likeness (QED) is 0.761. The van der Waals surface area contributed by atoms with E-state index in [4.69, 9.17) is 10.5 Å². The summed E-state index contributed by atoms with van der Waals surface area (Å²) in [7, 11) is -2.03. The average molecular weight is 365 g/mol. The lowest BCUT2D eigenvalue weighted by Crippen LogP contribution is -2.51. The largest absolute Gasteiger partial charge is 0.497 e. The minimum absolute atomic E-state index is 0. The Morgan fingerprint density at radius 1 is 1.30 bits per heavy atom. The molecule has 23 heavy (non-hydrogen) atoms. The predicted octanol–water partition coefficient (Wildman–Crippen LogP) is 1.38. The van der Waals surface area contributed by atoms with Gasteiger partial charge in [0.1, 0.15) is 5.75 Å². The summed E-state index contributed by atoms with van der Waals surface area (Å²) >= 11 is 0. The molecule has 1 unspecified atom stereocenters. The van der Waals surface area contributed by atoms with Crippen LogP contribution >= 0.6 is 12.4 Å². The summed E-state index contributed by atoms with van der Waals surface area (Å²) in [6.45, 7) is 5.44. The maximum Gasteiger partial charge on any atom is 0.224 e. The van der Waals surface area contributed by atoms with Crippen molar-refractivity contribution in [2.45, 2.75) is 31.2 Å². The van der Waals surface area contributed by atoms with E-state index in [1.165, 1.54) is 19.2 Å². The molecule has 3 N–H and O–H groups in total. The lowest BCUT2D eigenvalue weighted by Gasteiger charge is -2.26. The van der Waals surface area contributed by atoms with Crippen molar-refractivity contribution in [3.8, 4) is 5.75 Å². The van der Waals surface area contributed by atoms with Crippen LogP contribution in [0, 0.1) is 5.92 Å². The Bertz CT molecular complexity index is 615. The van der Waals surface area contributed by atoms with Crippen molar-refractivity contribution in [1.82, 2.24) is 5.32 Å². The third-order valence-corrected chi connectivity index (χ3v) is 5.24. The smallest absolute Gasteiger partial charge is 0.224 e. The van der Waals surface area contributed by atoms with Gasteiger partial charge in [-0.25, -0.2) is 8.42 Å². The monoisotopic (exact) mass is 364 g/mol. The van der Waals surface area contributed by atoms with Crippen molar-refractivity contribution >= 4 is 28.2 Å². The summed E-state index contributed by atoms with van der Waals surface area (Å²) in [4.78, 5) is 12.2. The predicted molar refractivity (Wildman–Crippen MR) is 92.7 cm³/mol. The molecule has 0 heterocycles. The number of nitrogens with two attached hydrogens (primary N) is 1. The van der Waals surface area contributed by atoms with Crippen LogP contribution in [0.5, 0.6) is 5.75 Å². The second-order valence-electron chi connectivity index (χ2n) is 5.94. The van der Waals surface area contributed by atoms with Gasteiger partial charge in [-0.3, -0.25) is 4.79 Å². The number of benzene rings is 1. The molecule has 1 atom stereocenters. The van der Waals surface area contributed by atoms with Gasteiger partial charge in [0.2, 0.25) is 5.91 Å². The summed E-state index contributed by atoms with van der Waals surface area (Å²) in [5.41, 5.74) is 5.00. The molecule has 0 aromatic heterocycles. The van der Waals surface area contributed by atoms with Crippen molar-refractivity contribution in [1.29, 1.82) is 0 Å².